The van der Waals surface area contributed by atoms with E-state index in [1.165, 1.54) is 29.2 Å². The molecule has 0 radical (unpaired) electrons. The number of nitrogens with one attached hydrogen (secondary N) is 1. The molecule has 1 N–H and O–H groups in total. The van der Waals surface area contributed by atoms with E-state index in [1.54, 1.807) is 18.2 Å². The summed E-state index contributed by atoms with van der Waals surface area (Å²) in [5.74, 6) is -0.591. The Labute approximate surface area is 156 Å². The molecule has 0 aromatic heterocycles. The molecule has 7 heteroatoms. The quantitative estimate of drug-likeness (QED) is 0.752. The van der Waals surface area contributed by atoms with E-state index in [2.05, 4.69) is 4.72 Å². The molecule has 1 amide bonds. The van der Waals surface area contributed by atoms with E-state index < -0.39 is 16.1 Å². The maximum atomic E-state index is 13.1. The van der Waals surface area contributed by atoms with Crippen molar-refractivity contribution in [1.29, 1.82) is 0 Å². The maximum absolute atomic E-state index is 13.1. The lowest BCUT2D eigenvalue weighted by atomic mass is 10.1. The summed E-state index contributed by atoms with van der Waals surface area (Å²) < 4.78 is 41.2. The van der Waals surface area contributed by atoms with Crippen molar-refractivity contribution in [2.45, 2.75) is 17.4 Å². The monoisotopic (exact) mass is 384 g/mol. The molecule has 27 heavy (non-hydrogen) atoms. The highest BCUT2D eigenvalue weighted by Gasteiger charge is 2.33. The summed E-state index contributed by atoms with van der Waals surface area (Å²) in [6.45, 7) is 0.206. The van der Waals surface area contributed by atoms with Gasteiger partial charge in [0.2, 0.25) is 15.9 Å². The van der Waals surface area contributed by atoms with Gasteiger partial charge in [-0.15, -0.1) is 0 Å². The van der Waals surface area contributed by atoms with Crippen molar-refractivity contribution in [2.75, 3.05) is 11.4 Å². The molecule has 1 aliphatic rings. The number of nitrogens with zero attached hydrogens (tertiary/aromatic N) is 1. The smallest absolute Gasteiger partial charge is 0.240 e. The zero-order valence-electron chi connectivity index (χ0n) is 14.3. The number of carbonyl (C=O) groups is 1. The van der Waals surface area contributed by atoms with Crippen LogP contribution in [0.2, 0.25) is 0 Å². The third-order valence-corrected chi connectivity index (χ3v) is 6.13. The number of anilines is 1. The number of sulfonamides is 1. The van der Waals surface area contributed by atoms with Gasteiger partial charge < -0.3 is 4.90 Å². The highest BCUT2D eigenvalue weighted by Crippen LogP contribution is 2.24. The number of rotatable bonds is 4. The van der Waals surface area contributed by atoms with E-state index in [-0.39, 0.29) is 29.6 Å². The Hall–Kier alpha value is -2.77. The highest BCUT2D eigenvalue weighted by molar-refractivity contribution is 7.89. The van der Waals surface area contributed by atoms with Crippen LogP contribution in [0.15, 0.2) is 71.6 Å². The summed E-state index contributed by atoms with van der Waals surface area (Å²) in [7, 11) is -3.76. The minimum Gasteiger partial charge on any atom is -0.311 e. The topological polar surface area (TPSA) is 66.5 Å². The molecule has 1 unspecified atom stereocenters. The number of amides is 1. The van der Waals surface area contributed by atoms with E-state index in [0.717, 1.165) is 10.8 Å². The van der Waals surface area contributed by atoms with Gasteiger partial charge in [-0.2, -0.15) is 0 Å². The minimum atomic E-state index is -3.76. The Bertz CT molecular complexity index is 1110. The first-order chi connectivity index (χ1) is 12.9. The molecule has 4 rings (SSSR count). The molecule has 0 saturated carbocycles. The van der Waals surface area contributed by atoms with E-state index in [0.29, 0.717) is 5.69 Å². The van der Waals surface area contributed by atoms with Crippen molar-refractivity contribution in [2.24, 2.45) is 0 Å². The second-order valence-electron chi connectivity index (χ2n) is 6.51. The number of hydrogen-bond acceptors (Lipinski definition) is 3. The summed E-state index contributed by atoms with van der Waals surface area (Å²) in [5.41, 5.74) is 0.550. The van der Waals surface area contributed by atoms with Crippen LogP contribution in [0.1, 0.15) is 6.42 Å². The van der Waals surface area contributed by atoms with Crippen LogP contribution in [0.25, 0.3) is 10.8 Å². The Balaban J connectivity index is 1.54. The molecule has 3 aromatic rings. The van der Waals surface area contributed by atoms with Crippen LogP contribution < -0.4 is 9.62 Å². The number of hydrogen-bond donors (Lipinski definition) is 1. The molecule has 0 spiro atoms. The molecule has 1 aliphatic heterocycles. The van der Waals surface area contributed by atoms with Crippen molar-refractivity contribution in [3.05, 3.63) is 72.5 Å². The van der Waals surface area contributed by atoms with Gasteiger partial charge in [0.15, 0.2) is 0 Å². The predicted molar refractivity (Wildman–Crippen MR) is 101 cm³/mol. The van der Waals surface area contributed by atoms with Crippen molar-refractivity contribution in [3.8, 4) is 0 Å². The van der Waals surface area contributed by atoms with E-state index in [1.807, 2.05) is 24.3 Å². The van der Waals surface area contributed by atoms with Crippen LogP contribution in [0.5, 0.6) is 0 Å². The van der Waals surface area contributed by atoms with Crippen molar-refractivity contribution >= 4 is 32.4 Å². The summed E-state index contributed by atoms with van der Waals surface area (Å²) in [6, 6.07) is 17.5. The van der Waals surface area contributed by atoms with Crippen molar-refractivity contribution in [1.82, 2.24) is 4.72 Å². The average molecular weight is 384 g/mol. The fraction of sp³-hybridized carbons (Fsp3) is 0.150. The lowest BCUT2D eigenvalue weighted by Gasteiger charge is -2.17. The third-order valence-electron chi connectivity index (χ3n) is 4.62. The SMILES string of the molecule is O=C1CC(NS(=O)(=O)c2ccc3ccccc3c2)CN1c1ccc(F)cc1. The maximum Gasteiger partial charge on any atom is 0.240 e. The van der Waals surface area contributed by atoms with Crippen LogP contribution in [0.4, 0.5) is 10.1 Å². The molecule has 5 nitrogen and oxygen atoms in total. The average Bonchev–Trinajstić information content (AvgIpc) is 3.01. The molecular weight excluding hydrogens is 367 g/mol. The van der Waals surface area contributed by atoms with Crippen LogP contribution in [0.3, 0.4) is 0 Å². The van der Waals surface area contributed by atoms with Crippen LogP contribution >= 0.6 is 0 Å². The molecule has 1 saturated heterocycles. The van der Waals surface area contributed by atoms with Crippen LogP contribution in [-0.4, -0.2) is 26.9 Å². The van der Waals surface area contributed by atoms with Gasteiger partial charge in [0, 0.05) is 24.7 Å². The van der Waals surface area contributed by atoms with E-state index in [4.69, 9.17) is 0 Å². The Morgan fingerprint density at radius 2 is 1.67 bits per heavy atom. The Kier molecular flexibility index (Phi) is 4.41. The first-order valence-electron chi connectivity index (χ1n) is 8.49. The molecule has 1 heterocycles. The first-order valence-corrected chi connectivity index (χ1v) is 9.98. The van der Waals surface area contributed by atoms with Crippen LogP contribution in [0, 0.1) is 5.82 Å². The number of carbonyl (C=O) groups excluding carboxylic acids is 1. The third kappa shape index (κ3) is 3.56. The van der Waals surface area contributed by atoms with Crippen molar-refractivity contribution < 1.29 is 17.6 Å². The summed E-state index contributed by atoms with van der Waals surface area (Å²) in [5, 5.41) is 1.78. The van der Waals surface area contributed by atoms with Gasteiger partial charge in [-0.1, -0.05) is 30.3 Å². The van der Waals surface area contributed by atoms with Gasteiger partial charge >= 0.3 is 0 Å². The first kappa shape index (κ1) is 17.6. The lowest BCUT2D eigenvalue weighted by molar-refractivity contribution is -0.117. The minimum absolute atomic E-state index is 0.0597. The van der Waals surface area contributed by atoms with E-state index in [9.17, 15) is 17.6 Å². The van der Waals surface area contributed by atoms with E-state index >= 15 is 0 Å². The summed E-state index contributed by atoms with van der Waals surface area (Å²) >= 11 is 0. The second-order valence-corrected chi connectivity index (χ2v) is 8.23. The number of benzene rings is 3. The van der Waals surface area contributed by atoms with Gasteiger partial charge in [0.25, 0.3) is 0 Å². The molecule has 0 bridgehead atoms. The molecule has 1 atom stereocenters. The van der Waals surface area contributed by atoms with Gasteiger partial charge in [-0.3, -0.25) is 4.79 Å². The normalized spacial score (nSPS) is 17.6. The molecule has 138 valence electrons. The fourth-order valence-corrected chi connectivity index (χ4v) is 4.54. The predicted octanol–water partition coefficient (Wildman–Crippen LogP) is 3.06. The standard InChI is InChI=1S/C20H17FN2O3S/c21-16-6-8-18(9-7-16)23-13-17(12-20(23)24)22-27(25,26)19-10-5-14-3-1-2-4-15(14)11-19/h1-11,17,22H,12-13H2. The van der Waals surface area contributed by atoms with Crippen molar-refractivity contribution in [3.63, 3.8) is 0 Å². The molecule has 1 fully saturated rings. The zero-order valence-corrected chi connectivity index (χ0v) is 15.1. The Morgan fingerprint density at radius 3 is 2.41 bits per heavy atom. The van der Waals surface area contributed by atoms with Gasteiger partial charge in [0.05, 0.1) is 4.90 Å². The molecule has 3 aromatic carbocycles. The fourth-order valence-electron chi connectivity index (χ4n) is 3.28. The number of fused-ring (bicyclic) bond motifs is 1. The second kappa shape index (κ2) is 6.75. The van der Waals surface area contributed by atoms with Crippen LogP contribution in [-0.2, 0) is 14.8 Å². The lowest BCUT2D eigenvalue weighted by Crippen LogP contribution is -2.37. The largest absolute Gasteiger partial charge is 0.311 e. The molecular formula is C20H17FN2O3S. The molecule has 0 aliphatic carbocycles. The summed E-state index contributed by atoms with van der Waals surface area (Å²) in [4.78, 5) is 13.9. The zero-order chi connectivity index (χ0) is 19.0. The Morgan fingerprint density at radius 1 is 0.963 bits per heavy atom. The van der Waals surface area contributed by atoms with Gasteiger partial charge in [-0.25, -0.2) is 17.5 Å². The highest BCUT2D eigenvalue weighted by atomic mass is 32.2. The van der Waals surface area contributed by atoms with Gasteiger partial charge in [-0.05, 0) is 47.2 Å². The summed E-state index contributed by atoms with van der Waals surface area (Å²) in [6.07, 6.45) is 0.0597. The number of halogens is 1. The van der Waals surface area contributed by atoms with Gasteiger partial charge in [0.1, 0.15) is 5.82 Å².